The second-order valence-electron chi connectivity index (χ2n) is 10.2. The fraction of sp³-hybridized carbons (Fsp3) is 0.481. The van der Waals surface area contributed by atoms with Crippen LogP contribution in [0.2, 0.25) is 0 Å². The number of hydrogen-bond acceptors (Lipinski definition) is 8. The van der Waals surface area contributed by atoms with Crippen LogP contribution < -0.4 is 20.1 Å². The average Bonchev–Trinajstić information content (AvgIpc) is 3.42. The molecule has 1 unspecified atom stereocenters. The Morgan fingerprint density at radius 3 is 1.84 bits per heavy atom. The Labute approximate surface area is 217 Å². The highest BCUT2D eigenvalue weighted by atomic mass is 16.6. The molecule has 1 aliphatic carbocycles. The standard InChI is InChI=1S/C27H36N2O8/c1-8-21(30)34-14-12-28-23(32)36-18-10-11-19(27(25(3,4)5)17-26(27,6)7)20(16-18)37-24(33)29-13-15-35-22(31)9-2/h8-11,16H,1-2,12-15,17H2,3-7H3,(H,28,32)(H,29,33). The summed E-state index contributed by atoms with van der Waals surface area (Å²) in [4.78, 5) is 47.0. The largest absolute Gasteiger partial charge is 0.461 e. The zero-order valence-electron chi connectivity index (χ0n) is 22.1. The fourth-order valence-electron chi connectivity index (χ4n) is 4.77. The third-order valence-electron chi connectivity index (χ3n) is 6.41. The van der Waals surface area contributed by atoms with Crippen LogP contribution in [0, 0.1) is 10.8 Å². The number of carbonyl (C=O) groups excluding carboxylic acids is 4. The van der Waals surface area contributed by atoms with E-state index in [1.165, 1.54) is 6.07 Å². The highest BCUT2D eigenvalue weighted by molar-refractivity contribution is 5.81. The molecule has 37 heavy (non-hydrogen) atoms. The van der Waals surface area contributed by atoms with Crippen molar-refractivity contribution in [2.75, 3.05) is 26.3 Å². The van der Waals surface area contributed by atoms with E-state index < -0.39 is 24.1 Å². The van der Waals surface area contributed by atoms with Crippen molar-refractivity contribution in [1.82, 2.24) is 10.6 Å². The van der Waals surface area contributed by atoms with Gasteiger partial charge in [0, 0.05) is 29.2 Å². The molecule has 1 fully saturated rings. The summed E-state index contributed by atoms with van der Waals surface area (Å²) in [7, 11) is 0. The number of carbonyl (C=O) groups is 4. The zero-order valence-corrected chi connectivity index (χ0v) is 22.1. The van der Waals surface area contributed by atoms with E-state index in [0.29, 0.717) is 0 Å². The Morgan fingerprint density at radius 2 is 1.41 bits per heavy atom. The molecular formula is C27H36N2O8. The molecule has 0 aromatic heterocycles. The third-order valence-corrected chi connectivity index (χ3v) is 6.41. The number of amides is 2. The van der Waals surface area contributed by atoms with E-state index in [1.54, 1.807) is 6.07 Å². The topological polar surface area (TPSA) is 129 Å². The molecule has 1 saturated carbocycles. The quantitative estimate of drug-likeness (QED) is 0.256. The molecule has 202 valence electrons. The molecule has 1 aromatic rings. The van der Waals surface area contributed by atoms with Gasteiger partial charge in [0.15, 0.2) is 0 Å². The maximum absolute atomic E-state index is 12.6. The predicted molar refractivity (Wildman–Crippen MR) is 136 cm³/mol. The van der Waals surface area contributed by atoms with Gasteiger partial charge in [-0.05, 0) is 23.3 Å². The van der Waals surface area contributed by atoms with Crippen LogP contribution in [-0.2, 0) is 24.5 Å². The number of rotatable bonds is 11. The monoisotopic (exact) mass is 516 g/mol. The van der Waals surface area contributed by atoms with Gasteiger partial charge < -0.3 is 29.6 Å². The van der Waals surface area contributed by atoms with E-state index in [-0.39, 0.29) is 54.0 Å². The second-order valence-corrected chi connectivity index (χ2v) is 10.2. The highest BCUT2D eigenvalue weighted by Gasteiger charge is 2.68. The summed E-state index contributed by atoms with van der Waals surface area (Å²) in [6.45, 7) is 17.3. The van der Waals surface area contributed by atoms with Crippen LogP contribution in [0.1, 0.15) is 46.6 Å². The van der Waals surface area contributed by atoms with E-state index in [2.05, 4.69) is 58.4 Å². The number of ether oxygens (including phenoxy) is 4. The molecule has 2 amide bonds. The van der Waals surface area contributed by atoms with E-state index >= 15 is 0 Å². The summed E-state index contributed by atoms with van der Waals surface area (Å²) >= 11 is 0. The Morgan fingerprint density at radius 1 is 0.919 bits per heavy atom. The first-order valence-corrected chi connectivity index (χ1v) is 11.9. The van der Waals surface area contributed by atoms with Crippen molar-refractivity contribution in [3.05, 3.63) is 49.1 Å². The minimum atomic E-state index is -0.765. The van der Waals surface area contributed by atoms with Gasteiger partial charge in [0.25, 0.3) is 0 Å². The van der Waals surface area contributed by atoms with E-state index in [1.807, 2.05) is 6.07 Å². The molecule has 0 heterocycles. The minimum absolute atomic E-state index is 0.0404. The highest BCUT2D eigenvalue weighted by Crippen LogP contribution is 2.73. The van der Waals surface area contributed by atoms with Crippen LogP contribution in [0.25, 0.3) is 0 Å². The van der Waals surface area contributed by atoms with Gasteiger partial charge in [-0.1, -0.05) is 53.8 Å². The molecule has 0 saturated heterocycles. The molecule has 0 aliphatic heterocycles. The first kappa shape index (κ1) is 29.4. The molecule has 0 spiro atoms. The molecule has 1 aromatic carbocycles. The van der Waals surface area contributed by atoms with Gasteiger partial charge in [0.1, 0.15) is 24.7 Å². The summed E-state index contributed by atoms with van der Waals surface area (Å²) in [5.74, 6) is -0.774. The number of benzene rings is 1. The van der Waals surface area contributed by atoms with E-state index in [4.69, 9.17) is 18.9 Å². The Balaban J connectivity index is 2.19. The fourth-order valence-corrected chi connectivity index (χ4v) is 4.77. The number of hydrogen-bond donors (Lipinski definition) is 2. The summed E-state index contributed by atoms with van der Waals surface area (Å²) in [5, 5.41) is 5.01. The number of esters is 2. The molecule has 2 rings (SSSR count). The van der Waals surface area contributed by atoms with Crippen molar-refractivity contribution in [3.63, 3.8) is 0 Å². The van der Waals surface area contributed by atoms with Gasteiger partial charge in [0.05, 0.1) is 13.1 Å². The van der Waals surface area contributed by atoms with Gasteiger partial charge in [-0.2, -0.15) is 0 Å². The third kappa shape index (κ3) is 7.34. The summed E-state index contributed by atoms with van der Waals surface area (Å²) in [5.41, 5.74) is 0.320. The smallest absolute Gasteiger partial charge is 0.412 e. The molecular weight excluding hydrogens is 480 g/mol. The van der Waals surface area contributed by atoms with E-state index in [9.17, 15) is 19.2 Å². The average molecular weight is 517 g/mol. The molecule has 0 bridgehead atoms. The SMILES string of the molecule is C=CC(=O)OCCNC(=O)Oc1ccc(C2(C(C)(C)C)CC2(C)C)c(OC(=O)NCCOC(=O)C=C)c1. The lowest BCUT2D eigenvalue weighted by Gasteiger charge is -2.36. The normalized spacial score (nSPS) is 17.5. The van der Waals surface area contributed by atoms with Crippen LogP contribution in [0.3, 0.4) is 0 Å². The van der Waals surface area contributed by atoms with Crippen molar-refractivity contribution in [2.24, 2.45) is 10.8 Å². The lowest BCUT2D eigenvalue weighted by molar-refractivity contribution is -0.138. The van der Waals surface area contributed by atoms with Crippen LogP contribution in [-0.4, -0.2) is 50.4 Å². The zero-order chi connectivity index (χ0) is 27.9. The Bertz CT molecular complexity index is 1060. The second kappa shape index (κ2) is 11.9. The van der Waals surface area contributed by atoms with Crippen LogP contribution in [0.4, 0.5) is 9.59 Å². The lowest BCUT2D eigenvalue weighted by atomic mass is 9.68. The summed E-state index contributed by atoms with van der Waals surface area (Å²) < 4.78 is 20.7. The lowest BCUT2D eigenvalue weighted by Crippen LogP contribution is -2.34. The molecule has 1 aliphatic rings. The van der Waals surface area contributed by atoms with Gasteiger partial charge in [-0.25, -0.2) is 19.2 Å². The van der Waals surface area contributed by atoms with Gasteiger partial charge >= 0.3 is 24.1 Å². The van der Waals surface area contributed by atoms with Crippen LogP contribution in [0.15, 0.2) is 43.5 Å². The number of nitrogens with one attached hydrogen (secondary N) is 2. The molecule has 1 atom stereocenters. The Hall–Kier alpha value is -3.82. The van der Waals surface area contributed by atoms with Crippen LogP contribution >= 0.6 is 0 Å². The van der Waals surface area contributed by atoms with Crippen molar-refractivity contribution < 1.29 is 38.1 Å². The van der Waals surface area contributed by atoms with Gasteiger partial charge in [-0.15, -0.1) is 0 Å². The molecule has 10 nitrogen and oxygen atoms in total. The molecule has 10 heteroatoms. The van der Waals surface area contributed by atoms with Crippen LogP contribution in [0.5, 0.6) is 11.5 Å². The van der Waals surface area contributed by atoms with Crippen molar-refractivity contribution >= 4 is 24.1 Å². The predicted octanol–water partition coefficient (Wildman–Crippen LogP) is 4.04. The van der Waals surface area contributed by atoms with Gasteiger partial charge in [0.2, 0.25) is 0 Å². The van der Waals surface area contributed by atoms with E-state index in [0.717, 1.165) is 24.1 Å². The van der Waals surface area contributed by atoms with Gasteiger partial charge in [-0.3, -0.25) is 0 Å². The maximum Gasteiger partial charge on any atom is 0.412 e. The summed E-state index contributed by atoms with van der Waals surface area (Å²) in [6.07, 6.45) is 1.42. The first-order chi connectivity index (χ1) is 17.3. The Kier molecular flexibility index (Phi) is 9.49. The van der Waals surface area contributed by atoms with Crippen molar-refractivity contribution in [1.29, 1.82) is 0 Å². The minimum Gasteiger partial charge on any atom is -0.461 e. The van der Waals surface area contributed by atoms with Crippen molar-refractivity contribution in [3.8, 4) is 11.5 Å². The van der Waals surface area contributed by atoms with Crippen molar-refractivity contribution in [2.45, 2.75) is 46.5 Å². The maximum atomic E-state index is 12.6. The molecule has 0 radical (unpaired) electrons. The molecule has 2 N–H and O–H groups in total. The first-order valence-electron chi connectivity index (χ1n) is 11.9. The summed E-state index contributed by atoms with van der Waals surface area (Å²) in [6, 6.07) is 4.95.